The van der Waals surface area contributed by atoms with Crippen LogP contribution in [-0.2, 0) is 10.0 Å². The van der Waals surface area contributed by atoms with Crippen molar-refractivity contribution in [3.63, 3.8) is 0 Å². The number of rotatable bonds is 3. The van der Waals surface area contributed by atoms with Crippen molar-refractivity contribution in [3.8, 4) is 0 Å². The quantitative estimate of drug-likeness (QED) is 0.776. The maximum absolute atomic E-state index is 12.4. The van der Waals surface area contributed by atoms with Crippen molar-refractivity contribution in [1.29, 1.82) is 0 Å². The zero-order valence-electron chi connectivity index (χ0n) is 12.0. The molecule has 0 bridgehead atoms. The van der Waals surface area contributed by atoms with Gasteiger partial charge >= 0.3 is 5.76 Å². The van der Waals surface area contributed by atoms with Crippen LogP contribution in [0.3, 0.4) is 0 Å². The second kappa shape index (κ2) is 5.03. The molecule has 6 nitrogen and oxygen atoms in total. The van der Waals surface area contributed by atoms with Crippen LogP contribution in [0.1, 0.15) is 11.1 Å². The third-order valence-corrected chi connectivity index (χ3v) is 4.84. The second-order valence-electron chi connectivity index (χ2n) is 5.08. The summed E-state index contributed by atoms with van der Waals surface area (Å²) in [5.74, 6) is -0.579. The Bertz CT molecular complexity index is 1020. The number of aromatic nitrogens is 1. The summed E-state index contributed by atoms with van der Waals surface area (Å²) in [4.78, 5) is 13.8. The summed E-state index contributed by atoms with van der Waals surface area (Å²) >= 11 is 0. The largest absolute Gasteiger partial charge is 0.417 e. The molecule has 1 heterocycles. The molecule has 0 aliphatic carbocycles. The van der Waals surface area contributed by atoms with Crippen LogP contribution in [-0.4, -0.2) is 13.4 Å². The smallest absolute Gasteiger partial charge is 0.408 e. The molecule has 2 aromatic carbocycles. The Hall–Kier alpha value is -2.54. The highest BCUT2D eigenvalue weighted by atomic mass is 32.2. The Balaban J connectivity index is 1.98. The highest BCUT2D eigenvalue weighted by Crippen LogP contribution is 2.21. The second-order valence-corrected chi connectivity index (χ2v) is 6.76. The van der Waals surface area contributed by atoms with E-state index in [1.807, 2.05) is 13.8 Å². The average Bonchev–Trinajstić information content (AvgIpc) is 2.80. The lowest BCUT2D eigenvalue weighted by Gasteiger charge is -2.09. The minimum atomic E-state index is -3.69. The van der Waals surface area contributed by atoms with Gasteiger partial charge in [0.2, 0.25) is 0 Å². The molecule has 3 aromatic rings. The first-order valence-electron chi connectivity index (χ1n) is 6.58. The lowest BCUT2D eigenvalue weighted by atomic mass is 10.1. The van der Waals surface area contributed by atoms with Crippen molar-refractivity contribution in [2.45, 2.75) is 18.7 Å². The third kappa shape index (κ3) is 2.62. The molecule has 0 radical (unpaired) electrons. The van der Waals surface area contributed by atoms with E-state index in [-0.39, 0.29) is 4.90 Å². The average molecular weight is 318 g/mol. The van der Waals surface area contributed by atoms with Crippen LogP contribution in [0.25, 0.3) is 11.1 Å². The molecule has 0 fully saturated rings. The van der Waals surface area contributed by atoms with Crippen molar-refractivity contribution in [3.05, 3.63) is 58.1 Å². The van der Waals surface area contributed by atoms with E-state index in [0.717, 1.165) is 11.1 Å². The lowest BCUT2D eigenvalue weighted by molar-refractivity contribution is 0.555. The molecule has 3 rings (SSSR count). The highest BCUT2D eigenvalue weighted by Gasteiger charge is 2.15. The fraction of sp³-hybridized carbons (Fsp3) is 0.133. The number of sulfonamides is 1. The first-order valence-corrected chi connectivity index (χ1v) is 8.06. The predicted molar refractivity (Wildman–Crippen MR) is 83.6 cm³/mol. The molecular formula is C15H14N2O4S. The Labute approximate surface area is 126 Å². The van der Waals surface area contributed by atoms with Crippen LogP contribution in [0.15, 0.2) is 50.5 Å². The number of hydrogen-bond acceptors (Lipinski definition) is 4. The van der Waals surface area contributed by atoms with Crippen LogP contribution in [0.4, 0.5) is 5.69 Å². The Kier molecular flexibility index (Phi) is 3.29. The van der Waals surface area contributed by atoms with Gasteiger partial charge in [0.05, 0.1) is 16.1 Å². The van der Waals surface area contributed by atoms with E-state index in [9.17, 15) is 13.2 Å². The van der Waals surface area contributed by atoms with Gasteiger partial charge in [0, 0.05) is 6.07 Å². The Morgan fingerprint density at radius 3 is 2.55 bits per heavy atom. The van der Waals surface area contributed by atoms with E-state index in [0.29, 0.717) is 16.8 Å². The molecule has 0 spiro atoms. The molecule has 0 aliphatic heterocycles. The molecule has 2 N–H and O–H groups in total. The van der Waals surface area contributed by atoms with Gasteiger partial charge in [-0.3, -0.25) is 9.71 Å². The first-order chi connectivity index (χ1) is 10.3. The van der Waals surface area contributed by atoms with E-state index in [1.165, 1.54) is 6.07 Å². The first kappa shape index (κ1) is 14.4. The summed E-state index contributed by atoms with van der Waals surface area (Å²) in [6.45, 7) is 3.77. The van der Waals surface area contributed by atoms with Crippen LogP contribution in [0.5, 0.6) is 0 Å². The number of fused-ring (bicyclic) bond motifs is 1. The van der Waals surface area contributed by atoms with Gasteiger partial charge in [0.15, 0.2) is 5.58 Å². The van der Waals surface area contributed by atoms with Gasteiger partial charge in [-0.2, -0.15) is 0 Å². The van der Waals surface area contributed by atoms with Crippen molar-refractivity contribution in [2.24, 2.45) is 0 Å². The molecule has 0 aliphatic rings. The van der Waals surface area contributed by atoms with Crippen LogP contribution in [0, 0.1) is 13.8 Å². The van der Waals surface area contributed by atoms with Crippen molar-refractivity contribution in [2.75, 3.05) is 4.72 Å². The van der Waals surface area contributed by atoms with Crippen molar-refractivity contribution < 1.29 is 12.8 Å². The summed E-state index contributed by atoms with van der Waals surface area (Å²) in [7, 11) is -3.69. The van der Waals surface area contributed by atoms with Gasteiger partial charge in [-0.1, -0.05) is 6.07 Å². The standard InChI is InChI=1S/C15H14N2O4S/c1-9-3-5-12(7-10(9)2)22(19,20)17-11-4-6-13-14(8-11)21-15(18)16-13/h3-8,17H,1-2H3,(H,16,18). The fourth-order valence-corrected chi connectivity index (χ4v) is 3.24. The lowest BCUT2D eigenvalue weighted by Crippen LogP contribution is -2.13. The number of benzene rings is 2. The molecule has 0 atom stereocenters. The zero-order chi connectivity index (χ0) is 15.9. The predicted octanol–water partition coefficient (Wildman–Crippen LogP) is 2.54. The summed E-state index contributed by atoms with van der Waals surface area (Å²) in [6.07, 6.45) is 0. The highest BCUT2D eigenvalue weighted by molar-refractivity contribution is 7.92. The third-order valence-electron chi connectivity index (χ3n) is 3.46. The summed E-state index contributed by atoms with van der Waals surface area (Å²) < 4.78 is 32.2. The number of hydrogen-bond donors (Lipinski definition) is 2. The summed E-state index contributed by atoms with van der Waals surface area (Å²) in [6, 6.07) is 9.54. The molecule has 0 unspecified atom stereocenters. The molecule has 7 heteroatoms. The number of aryl methyl sites for hydroxylation is 2. The molecule has 0 saturated heterocycles. The van der Waals surface area contributed by atoms with Gasteiger partial charge in [-0.05, 0) is 49.2 Å². The van der Waals surface area contributed by atoms with E-state index in [2.05, 4.69) is 9.71 Å². The van der Waals surface area contributed by atoms with Gasteiger partial charge < -0.3 is 4.42 Å². The topological polar surface area (TPSA) is 92.2 Å². The normalized spacial score (nSPS) is 11.7. The minimum Gasteiger partial charge on any atom is -0.408 e. The van der Waals surface area contributed by atoms with Gasteiger partial charge in [0.25, 0.3) is 10.0 Å². The van der Waals surface area contributed by atoms with Crippen molar-refractivity contribution >= 4 is 26.8 Å². The minimum absolute atomic E-state index is 0.186. The molecule has 0 saturated carbocycles. The van der Waals surface area contributed by atoms with E-state index < -0.39 is 15.8 Å². The zero-order valence-corrected chi connectivity index (χ0v) is 12.8. The fourth-order valence-electron chi connectivity index (χ4n) is 2.10. The van der Waals surface area contributed by atoms with E-state index in [1.54, 1.807) is 30.3 Å². The molecule has 0 amide bonds. The molecule has 22 heavy (non-hydrogen) atoms. The number of anilines is 1. The number of H-pyrrole nitrogens is 1. The van der Waals surface area contributed by atoms with E-state index in [4.69, 9.17) is 4.42 Å². The Morgan fingerprint density at radius 2 is 1.82 bits per heavy atom. The van der Waals surface area contributed by atoms with Crippen LogP contribution < -0.4 is 10.5 Å². The van der Waals surface area contributed by atoms with Gasteiger partial charge in [-0.25, -0.2) is 13.2 Å². The SMILES string of the molecule is Cc1ccc(S(=O)(=O)Nc2ccc3[nH]c(=O)oc3c2)cc1C. The molecular weight excluding hydrogens is 304 g/mol. The van der Waals surface area contributed by atoms with E-state index >= 15 is 0 Å². The number of nitrogens with one attached hydrogen (secondary N) is 2. The molecule has 114 valence electrons. The van der Waals surface area contributed by atoms with Crippen LogP contribution in [0.2, 0.25) is 0 Å². The maximum Gasteiger partial charge on any atom is 0.417 e. The molecule has 1 aromatic heterocycles. The van der Waals surface area contributed by atoms with Gasteiger partial charge in [0.1, 0.15) is 0 Å². The Morgan fingerprint density at radius 1 is 1.05 bits per heavy atom. The number of oxazole rings is 1. The maximum atomic E-state index is 12.4. The van der Waals surface area contributed by atoms with Crippen molar-refractivity contribution in [1.82, 2.24) is 4.98 Å². The van der Waals surface area contributed by atoms with Gasteiger partial charge in [-0.15, -0.1) is 0 Å². The summed E-state index contributed by atoms with van der Waals surface area (Å²) in [5, 5.41) is 0. The monoisotopic (exact) mass is 318 g/mol. The van der Waals surface area contributed by atoms with Crippen LogP contribution >= 0.6 is 0 Å². The number of aromatic amines is 1. The summed E-state index contributed by atoms with van der Waals surface area (Å²) in [5.41, 5.74) is 3.06.